The predicted octanol–water partition coefficient (Wildman–Crippen LogP) is 3.63. The largest absolute Gasteiger partial charge is 0.491 e. The molecule has 5 rings (SSSR count). The average molecular weight is 495 g/mol. The Morgan fingerprint density at radius 3 is 2.56 bits per heavy atom. The van der Waals surface area contributed by atoms with Crippen LogP contribution in [0.25, 0.3) is 11.0 Å². The lowest BCUT2D eigenvalue weighted by molar-refractivity contribution is 0.0604. The number of β-amino-alcohol motifs (C(OH)–C–C–N with tert-alkyl or cyclic N) is 1. The highest BCUT2D eigenvalue weighted by Crippen LogP contribution is 2.24. The number of furan rings is 1. The zero-order valence-corrected chi connectivity index (χ0v) is 20.0. The van der Waals surface area contributed by atoms with Gasteiger partial charge in [0.1, 0.15) is 42.4 Å². The monoisotopic (exact) mass is 494 g/mol. The number of nitrogens with zero attached hydrogens (tertiary/aromatic N) is 3. The van der Waals surface area contributed by atoms with E-state index >= 15 is 0 Å². The third-order valence-electron chi connectivity index (χ3n) is 6.49. The summed E-state index contributed by atoms with van der Waals surface area (Å²) in [5.74, 6) is 2.33. The highest BCUT2D eigenvalue weighted by atomic mass is 19.1. The quantitative estimate of drug-likeness (QED) is 0.310. The molecule has 190 valence electrons. The van der Waals surface area contributed by atoms with Gasteiger partial charge in [-0.05, 0) is 61.4 Å². The zero-order valence-electron chi connectivity index (χ0n) is 20.0. The molecule has 4 aromatic rings. The molecule has 0 aliphatic carbocycles. The average Bonchev–Trinajstić information content (AvgIpc) is 3.49. The number of para-hydroxylation sites is 2. The van der Waals surface area contributed by atoms with Gasteiger partial charge in [0.25, 0.3) is 0 Å². The first-order valence-electron chi connectivity index (χ1n) is 12.3. The number of likely N-dealkylation sites (tertiary alicyclic amines) is 1. The summed E-state index contributed by atoms with van der Waals surface area (Å²) in [4.78, 5) is 7.06. The number of ether oxygens (including phenoxy) is 1. The molecule has 2 aromatic heterocycles. The predicted molar refractivity (Wildman–Crippen MR) is 134 cm³/mol. The van der Waals surface area contributed by atoms with Crippen LogP contribution in [-0.2, 0) is 13.2 Å². The molecule has 1 unspecified atom stereocenters. The van der Waals surface area contributed by atoms with Gasteiger partial charge >= 0.3 is 0 Å². The fourth-order valence-corrected chi connectivity index (χ4v) is 4.61. The molecule has 1 fully saturated rings. The fraction of sp³-hybridized carbons (Fsp3) is 0.370. The molecule has 8 nitrogen and oxygen atoms in total. The molecule has 0 radical (unpaired) electrons. The number of aromatic nitrogens is 2. The Bertz CT molecular complexity index is 1260. The van der Waals surface area contributed by atoms with E-state index in [2.05, 4.69) is 14.8 Å². The second-order valence-corrected chi connectivity index (χ2v) is 9.17. The maximum Gasteiger partial charge on any atom is 0.204 e. The van der Waals surface area contributed by atoms with Gasteiger partial charge in [0.2, 0.25) is 5.95 Å². The van der Waals surface area contributed by atoms with Crippen LogP contribution in [0.4, 0.5) is 10.3 Å². The Kier molecular flexibility index (Phi) is 7.50. The summed E-state index contributed by atoms with van der Waals surface area (Å²) in [5.41, 5.74) is 1.93. The van der Waals surface area contributed by atoms with Crippen molar-refractivity contribution in [2.75, 3.05) is 31.6 Å². The molecule has 1 aliphatic heterocycles. The summed E-state index contributed by atoms with van der Waals surface area (Å²) in [6, 6.07) is 17.7. The Hall–Kier alpha value is -3.40. The first kappa shape index (κ1) is 24.3. The van der Waals surface area contributed by atoms with Crippen LogP contribution in [0.15, 0.2) is 65.1 Å². The number of aliphatic hydroxyl groups is 2. The van der Waals surface area contributed by atoms with Gasteiger partial charge in [-0.3, -0.25) is 0 Å². The van der Waals surface area contributed by atoms with Crippen molar-refractivity contribution in [3.63, 3.8) is 0 Å². The number of benzene rings is 2. The number of nitrogens with one attached hydrogen (secondary N) is 1. The normalized spacial score (nSPS) is 15.9. The van der Waals surface area contributed by atoms with Crippen molar-refractivity contribution in [1.29, 1.82) is 0 Å². The molecule has 0 bridgehead atoms. The topological polar surface area (TPSA) is 95.9 Å². The van der Waals surface area contributed by atoms with Crippen LogP contribution in [0.1, 0.15) is 24.4 Å². The Balaban J connectivity index is 1.16. The highest BCUT2D eigenvalue weighted by Gasteiger charge is 2.23. The van der Waals surface area contributed by atoms with Crippen molar-refractivity contribution in [1.82, 2.24) is 14.5 Å². The van der Waals surface area contributed by atoms with Gasteiger partial charge in [0.05, 0.1) is 17.6 Å². The third kappa shape index (κ3) is 5.87. The number of piperidine rings is 1. The van der Waals surface area contributed by atoms with Crippen LogP contribution in [0.3, 0.4) is 0 Å². The molecular formula is C27H31FN4O4. The first-order chi connectivity index (χ1) is 17.6. The number of aliphatic hydroxyl groups excluding tert-OH is 2. The molecular weight excluding hydrogens is 463 g/mol. The van der Waals surface area contributed by atoms with E-state index in [0.717, 1.165) is 48.7 Å². The number of imidazole rings is 1. The molecule has 0 amide bonds. The van der Waals surface area contributed by atoms with Crippen molar-refractivity contribution < 1.29 is 23.8 Å². The van der Waals surface area contributed by atoms with Crippen LogP contribution < -0.4 is 10.1 Å². The second-order valence-electron chi connectivity index (χ2n) is 9.17. The highest BCUT2D eigenvalue weighted by molar-refractivity contribution is 5.78. The molecule has 3 heterocycles. The molecule has 2 aromatic carbocycles. The minimum absolute atomic E-state index is 0.124. The first-order valence-corrected chi connectivity index (χ1v) is 12.3. The van der Waals surface area contributed by atoms with E-state index in [9.17, 15) is 14.6 Å². The minimum Gasteiger partial charge on any atom is -0.491 e. The molecule has 1 aliphatic rings. The van der Waals surface area contributed by atoms with Gasteiger partial charge in [-0.25, -0.2) is 9.37 Å². The van der Waals surface area contributed by atoms with Gasteiger partial charge < -0.3 is 34.2 Å². The summed E-state index contributed by atoms with van der Waals surface area (Å²) >= 11 is 0. The van der Waals surface area contributed by atoms with Crippen molar-refractivity contribution in [2.45, 2.75) is 38.1 Å². The number of rotatable bonds is 10. The summed E-state index contributed by atoms with van der Waals surface area (Å²) in [6.07, 6.45) is 1.22. The molecule has 1 atom stereocenters. The van der Waals surface area contributed by atoms with Crippen LogP contribution >= 0.6 is 0 Å². The number of hydrogen-bond donors (Lipinski definition) is 3. The van der Waals surface area contributed by atoms with E-state index < -0.39 is 6.10 Å². The summed E-state index contributed by atoms with van der Waals surface area (Å²) < 4.78 is 26.4. The van der Waals surface area contributed by atoms with Gasteiger partial charge in [0.15, 0.2) is 0 Å². The number of fused-ring (bicyclic) bond motifs is 1. The minimum atomic E-state index is -0.624. The van der Waals surface area contributed by atoms with E-state index in [0.29, 0.717) is 24.6 Å². The van der Waals surface area contributed by atoms with Crippen LogP contribution in [-0.4, -0.2) is 63.1 Å². The van der Waals surface area contributed by atoms with E-state index in [4.69, 9.17) is 14.1 Å². The Morgan fingerprint density at radius 2 is 1.81 bits per heavy atom. The summed E-state index contributed by atoms with van der Waals surface area (Å²) in [5, 5.41) is 23.3. The van der Waals surface area contributed by atoms with Gasteiger partial charge in [-0.15, -0.1) is 0 Å². The molecule has 9 heteroatoms. The van der Waals surface area contributed by atoms with Crippen molar-refractivity contribution in [3.8, 4) is 5.75 Å². The van der Waals surface area contributed by atoms with E-state index in [1.165, 1.54) is 12.1 Å². The number of anilines is 1. The van der Waals surface area contributed by atoms with Gasteiger partial charge in [0, 0.05) is 25.7 Å². The van der Waals surface area contributed by atoms with E-state index in [1.54, 1.807) is 18.2 Å². The third-order valence-corrected chi connectivity index (χ3v) is 6.49. The number of halogens is 1. The van der Waals surface area contributed by atoms with Crippen molar-refractivity contribution >= 4 is 17.0 Å². The molecule has 0 spiro atoms. The lowest BCUT2D eigenvalue weighted by atomic mass is 10.0. The second kappa shape index (κ2) is 11.1. The van der Waals surface area contributed by atoms with E-state index in [1.807, 2.05) is 30.3 Å². The lowest BCUT2D eigenvalue weighted by Crippen LogP contribution is -2.43. The van der Waals surface area contributed by atoms with E-state index in [-0.39, 0.29) is 25.1 Å². The van der Waals surface area contributed by atoms with Gasteiger partial charge in [-0.2, -0.15) is 0 Å². The van der Waals surface area contributed by atoms with Crippen molar-refractivity contribution in [3.05, 3.63) is 78.0 Å². The van der Waals surface area contributed by atoms with Crippen molar-refractivity contribution in [2.24, 2.45) is 0 Å². The standard InChI is InChI=1S/C27H31FN4O4/c28-19-5-7-22(8-6-19)35-18-21(34)15-31-13-11-20(12-14-31)29-27-30-25-3-1-2-4-26(25)32(27)16-23-9-10-24(17-33)36-23/h1-10,20-21,33-34H,11-18H2,(H,29,30). The van der Waals surface area contributed by atoms with Crippen LogP contribution in [0.5, 0.6) is 5.75 Å². The Morgan fingerprint density at radius 1 is 1.06 bits per heavy atom. The van der Waals surface area contributed by atoms with Crippen LogP contribution in [0, 0.1) is 5.82 Å². The molecule has 1 saturated heterocycles. The molecule has 0 saturated carbocycles. The Labute approximate surface area is 208 Å². The van der Waals surface area contributed by atoms with Crippen LogP contribution in [0.2, 0.25) is 0 Å². The smallest absolute Gasteiger partial charge is 0.204 e. The zero-order chi connectivity index (χ0) is 24.9. The SMILES string of the molecule is OCc1ccc(Cn2c(NC3CCN(CC(O)COc4ccc(F)cc4)CC3)nc3ccccc32)o1. The summed E-state index contributed by atoms with van der Waals surface area (Å²) in [7, 11) is 0. The fourth-order valence-electron chi connectivity index (χ4n) is 4.61. The molecule has 36 heavy (non-hydrogen) atoms. The number of hydrogen-bond acceptors (Lipinski definition) is 7. The maximum absolute atomic E-state index is 13.0. The maximum atomic E-state index is 13.0. The lowest BCUT2D eigenvalue weighted by Gasteiger charge is -2.33. The summed E-state index contributed by atoms with van der Waals surface area (Å²) in [6.45, 7) is 2.78. The van der Waals surface area contributed by atoms with Gasteiger partial charge in [-0.1, -0.05) is 12.1 Å². The molecule has 3 N–H and O–H groups in total.